The summed E-state index contributed by atoms with van der Waals surface area (Å²) >= 11 is 0. The van der Waals surface area contributed by atoms with Crippen molar-refractivity contribution < 1.29 is 0 Å². The lowest BCUT2D eigenvalue weighted by Gasteiger charge is -2.26. The Balaban J connectivity index is 0.886. The van der Waals surface area contributed by atoms with Gasteiger partial charge in [0.2, 0.25) is 0 Å². The molecule has 0 bridgehead atoms. The molecule has 0 amide bonds. The Bertz CT molecular complexity index is 3920. The van der Waals surface area contributed by atoms with E-state index in [-0.39, 0.29) is 0 Å². The van der Waals surface area contributed by atoms with E-state index < -0.39 is 0 Å². The van der Waals surface area contributed by atoms with E-state index in [0.717, 1.165) is 22.7 Å². The summed E-state index contributed by atoms with van der Waals surface area (Å²) in [4.78, 5) is 2.37. The van der Waals surface area contributed by atoms with Crippen LogP contribution in [-0.2, 0) is 0 Å². The third-order valence-corrected chi connectivity index (χ3v) is 13.8. The van der Waals surface area contributed by atoms with Gasteiger partial charge in [-0.2, -0.15) is 0 Å². The van der Waals surface area contributed by atoms with E-state index in [1.54, 1.807) is 0 Å². The predicted octanol–water partition coefficient (Wildman–Crippen LogP) is 18.4. The molecule has 13 aromatic rings. The monoisotopic (exact) mass is 864 g/mol. The molecule has 12 aromatic carbocycles. The summed E-state index contributed by atoms with van der Waals surface area (Å²) in [7, 11) is 0. The molecular formula is C66H44N2. The molecule has 1 heterocycles. The molecular weight excluding hydrogens is 821 g/mol. The molecule has 0 fully saturated rings. The lowest BCUT2D eigenvalue weighted by molar-refractivity contribution is 1.18. The minimum Gasteiger partial charge on any atom is -0.311 e. The molecule has 0 spiro atoms. The molecule has 0 atom stereocenters. The third kappa shape index (κ3) is 6.73. The Kier molecular flexibility index (Phi) is 9.54. The van der Waals surface area contributed by atoms with E-state index in [2.05, 4.69) is 276 Å². The van der Waals surface area contributed by atoms with Crippen LogP contribution in [0.3, 0.4) is 0 Å². The molecule has 13 rings (SSSR count). The Labute approximate surface area is 395 Å². The van der Waals surface area contributed by atoms with Crippen molar-refractivity contribution in [1.82, 2.24) is 4.57 Å². The number of aromatic nitrogens is 1. The Morgan fingerprint density at radius 1 is 0.250 bits per heavy atom. The number of anilines is 3. The Hall–Kier alpha value is -8.98. The van der Waals surface area contributed by atoms with Gasteiger partial charge in [-0.05, 0) is 144 Å². The highest BCUT2D eigenvalue weighted by Crippen LogP contribution is 2.42. The fourth-order valence-corrected chi connectivity index (χ4v) is 10.6. The molecule has 0 aliphatic rings. The second-order valence-electron chi connectivity index (χ2n) is 17.7. The van der Waals surface area contributed by atoms with Crippen LogP contribution in [0.1, 0.15) is 0 Å². The molecule has 0 saturated carbocycles. The van der Waals surface area contributed by atoms with Gasteiger partial charge < -0.3 is 9.47 Å². The van der Waals surface area contributed by atoms with Crippen LogP contribution in [0.5, 0.6) is 0 Å². The van der Waals surface area contributed by atoms with Gasteiger partial charge in [-0.1, -0.05) is 200 Å². The highest BCUT2D eigenvalue weighted by molar-refractivity contribution is 6.14. The number of hydrogen-bond acceptors (Lipinski definition) is 1. The van der Waals surface area contributed by atoms with Gasteiger partial charge in [-0.3, -0.25) is 0 Å². The zero-order valence-corrected chi connectivity index (χ0v) is 37.3. The average molecular weight is 865 g/mol. The first-order valence-electron chi connectivity index (χ1n) is 23.4. The van der Waals surface area contributed by atoms with Crippen LogP contribution in [0.4, 0.5) is 17.1 Å². The average Bonchev–Trinajstić information content (AvgIpc) is 3.76. The maximum absolute atomic E-state index is 2.37. The number of hydrogen-bond donors (Lipinski definition) is 0. The highest BCUT2D eigenvalue weighted by Gasteiger charge is 2.17. The van der Waals surface area contributed by atoms with E-state index in [1.807, 2.05) is 0 Å². The van der Waals surface area contributed by atoms with Gasteiger partial charge in [0.1, 0.15) is 0 Å². The van der Waals surface area contributed by atoms with Crippen LogP contribution < -0.4 is 4.90 Å². The molecule has 0 N–H and O–H groups in total. The van der Waals surface area contributed by atoms with Crippen molar-refractivity contribution in [2.45, 2.75) is 0 Å². The predicted molar refractivity (Wildman–Crippen MR) is 290 cm³/mol. The molecule has 0 saturated heterocycles. The largest absolute Gasteiger partial charge is 0.311 e. The number of para-hydroxylation sites is 2. The van der Waals surface area contributed by atoms with Crippen LogP contribution in [-0.4, -0.2) is 4.57 Å². The van der Waals surface area contributed by atoms with Crippen molar-refractivity contribution >= 4 is 71.2 Å². The highest BCUT2D eigenvalue weighted by atomic mass is 15.1. The van der Waals surface area contributed by atoms with E-state index in [9.17, 15) is 0 Å². The second kappa shape index (κ2) is 16.5. The SMILES string of the molecule is c1ccc(-c2cccc3cccc(-c4ccc(N(c5ccc(-c6ccc(-n7c8ccccc8c8ccccc87)cc6)cc5)c5ccc(-c6cc7ccccc7c7ccccc67)cc5)cc4)c23)cc1. The van der Waals surface area contributed by atoms with Gasteiger partial charge >= 0.3 is 0 Å². The topological polar surface area (TPSA) is 8.17 Å². The van der Waals surface area contributed by atoms with E-state index >= 15 is 0 Å². The summed E-state index contributed by atoms with van der Waals surface area (Å²) < 4.78 is 2.37. The number of benzene rings is 12. The normalized spacial score (nSPS) is 11.5. The minimum absolute atomic E-state index is 1.09. The van der Waals surface area contributed by atoms with Crippen LogP contribution in [0.15, 0.2) is 267 Å². The quantitative estimate of drug-likeness (QED) is 0.138. The van der Waals surface area contributed by atoms with Gasteiger partial charge in [0.25, 0.3) is 0 Å². The maximum Gasteiger partial charge on any atom is 0.0541 e. The first kappa shape index (κ1) is 39.4. The summed E-state index contributed by atoms with van der Waals surface area (Å²) in [5, 5.41) is 10.1. The summed E-state index contributed by atoms with van der Waals surface area (Å²) in [5.41, 5.74) is 16.5. The van der Waals surface area contributed by atoms with Gasteiger partial charge in [0, 0.05) is 33.5 Å². The van der Waals surface area contributed by atoms with E-state index in [4.69, 9.17) is 0 Å². The summed E-state index contributed by atoms with van der Waals surface area (Å²) in [6.07, 6.45) is 0. The van der Waals surface area contributed by atoms with Crippen molar-refractivity contribution in [2.75, 3.05) is 4.90 Å². The summed E-state index contributed by atoms with van der Waals surface area (Å²) in [6, 6.07) is 97.4. The first-order chi connectivity index (χ1) is 33.7. The fourth-order valence-electron chi connectivity index (χ4n) is 10.6. The van der Waals surface area contributed by atoms with E-state index in [0.29, 0.717) is 0 Å². The van der Waals surface area contributed by atoms with Gasteiger partial charge in [-0.15, -0.1) is 0 Å². The smallest absolute Gasteiger partial charge is 0.0541 e. The van der Waals surface area contributed by atoms with Crippen molar-refractivity contribution in [3.8, 4) is 50.2 Å². The Morgan fingerprint density at radius 2 is 0.662 bits per heavy atom. The second-order valence-corrected chi connectivity index (χ2v) is 17.7. The van der Waals surface area contributed by atoms with Crippen molar-refractivity contribution in [3.05, 3.63) is 267 Å². The molecule has 68 heavy (non-hydrogen) atoms. The molecule has 0 radical (unpaired) electrons. The molecule has 0 aliphatic heterocycles. The molecule has 318 valence electrons. The van der Waals surface area contributed by atoms with Crippen LogP contribution in [0.2, 0.25) is 0 Å². The van der Waals surface area contributed by atoms with Crippen LogP contribution >= 0.6 is 0 Å². The number of fused-ring (bicyclic) bond motifs is 7. The summed E-state index contributed by atoms with van der Waals surface area (Å²) in [6.45, 7) is 0. The molecule has 1 aromatic heterocycles. The molecule has 0 unspecified atom stereocenters. The van der Waals surface area contributed by atoms with Crippen LogP contribution in [0, 0.1) is 0 Å². The lowest BCUT2D eigenvalue weighted by Crippen LogP contribution is -2.09. The fraction of sp³-hybridized carbons (Fsp3) is 0. The van der Waals surface area contributed by atoms with Gasteiger partial charge in [0.05, 0.1) is 11.0 Å². The Morgan fingerprint density at radius 3 is 1.24 bits per heavy atom. The van der Waals surface area contributed by atoms with Gasteiger partial charge in [-0.25, -0.2) is 0 Å². The van der Waals surface area contributed by atoms with Crippen LogP contribution in [0.25, 0.3) is 104 Å². The number of rotatable bonds is 8. The van der Waals surface area contributed by atoms with Crippen molar-refractivity contribution in [3.63, 3.8) is 0 Å². The van der Waals surface area contributed by atoms with Crippen molar-refractivity contribution in [1.29, 1.82) is 0 Å². The standard InChI is InChI=1S/C66H44N2/c1-2-14-47(15-3-1)57-24-12-17-50-18-13-25-58(66(50)57)48-32-40-53(41-33-48)67(54-42-34-49(35-43-54)63-44-51-16-4-5-19-56(51)59-20-6-7-21-60(59)63)52-36-28-45(29-37-52)46-30-38-55(39-31-46)68-64-26-10-8-22-61(64)62-23-9-11-27-65(62)68/h1-44H. The zero-order valence-electron chi connectivity index (χ0n) is 37.3. The maximum atomic E-state index is 2.37. The number of nitrogens with zero attached hydrogens (tertiary/aromatic N) is 2. The minimum atomic E-state index is 1.09. The third-order valence-electron chi connectivity index (χ3n) is 13.8. The molecule has 0 aliphatic carbocycles. The van der Waals surface area contributed by atoms with Crippen molar-refractivity contribution in [2.24, 2.45) is 0 Å². The zero-order chi connectivity index (χ0) is 45.0. The lowest BCUT2D eigenvalue weighted by atomic mass is 9.91. The first-order valence-corrected chi connectivity index (χ1v) is 23.4. The molecule has 2 nitrogen and oxygen atoms in total. The molecule has 2 heteroatoms. The van der Waals surface area contributed by atoms with Gasteiger partial charge in [0.15, 0.2) is 0 Å². The summed E-state index contributed by atoms with van der Waals surface area (Å²) in [5.74, 6) is 0. The van der Waals surface area contributed by atoms with E-state index in [1.165, 1.54) is 98.6 Å².